The van der Waals surface area contributed by atoms with Gasteiger partial charge < -0.3 is 15.1 Å². The molecule has 2 fully saturated rings. The van der Waals surface area contributed by atoms with E-state index in [0.717, 1.165) is 12.0 Å². The molecule has 118 valence electrons. The molecular weight excluding hydrogens is 246 g/mol. The average Bonchev–Trinajstić information content (AvgIpc) is 2.73. The Kier molecular flexibility index (Phi) is 5.49. The number of likely N-dealkylation sites (tertiary alicyclic amines) is 1. The summed E-state index contributed by atoms with van der Waals surface area (Å²) < 4.78 is 0. The summed E-state index contributed by atoms with van der Waals surface area (Å²) in [6, 6.07) is 1.49. The third-order valence-electron chi connectivity index (χ3n) is 5.93. The molecule has 20 heavy (non-hydrogen) atoms. The highest BCUT2D eigenvalue weighted by atomic mass is 15.2. The standard InChI is InChI=1S/C17H35N3/c1-6-20-11-8-15(9-12-20)19(5)13-14-7-10-17(2,3)16(14)18-4/h14-16,18H,6-13H2,1-5H3. The molecule has 0 radical (unpaired) electrons. The second-order valence-corrected chi connectivity index (χ2v) is 7.66. The van der Waals surface area contributed by atoms with Crippen molar-refractivity contribution in [2.75, 3.05) is 40.3 Å². The van der Waals surface area contributed by atoms with Crippen LogP contribution in [0.1, 0.15) is 46.5 Å². The van der Waals surface area contributed by atoms with Crippen LogP contribution in [-0.2, 0) is 0 Å². The first-order valence-electron chi connectivity index (χ1n) is 8.57. The van der Waals surface area contributed by atoms with Gasteiger partial charge in [0.15, 0.2) is 0 Å². The fraction of sp³-hybridized carbons (Fsp3) is 1.00. The Labute approximate surface area is 126 Å². The van der Waals surface area contributed by atoms with E-state index in [1.54, 1.807) is 0 Å². The molecule has 1 saturated heterocycles. The largest absolute Gasteiger partial charge is 0.316 e. The summed E-state index contributed by atoms with van der Waals surface area (Å²) in [5.41, 5.74) is 0.464. The zero-order chi connectivity index (χ0) is 14.8. The van der Waals surface area contributed by atoms with Crippen LogP contribution in [0.3, 0.4) is 0 Å². The Morgan fingerprint density at radius 2 is 1.85 bits per heavy atom. The summed E-state index contributed by atoms with van der Waals surface area (Å²) in [4.78, 5) is 5.24. The smallest absolute Gasteiger partial charge is 0.0156 e. The summed E-state index contributed by atoms with van der Waals surface area (Å²) in [7, 11) is 4.49. The van der Waals surface area contributed by atoms with Gasteiger partial charge in [-0.15, -0.1) is 0 Å². The van der Waals surface area contributed by atoms with Crippen molar-refractivity contribution in [3.05, 3.63) is 0 Å². The molecule has 2 aliphatic rings. The molecule has 3 heteroatoms. The highest BCUT2D eigenvalue weighted by Crippen LogP contribution is 2.41. The Morgan fingerprint density at radius 1 is 1.20 bits per heavy atom. The van der Waals surface area contributed by atoms with Crippen molar-refractivity contribution in [3.63, 3.8) is 0 Å². The highest BCUT2D eigenvalue weighted by molar-refractivity contribution is 4.97. The molecule has 1 aliphatic carbocycles. The van der Waals surface area contributed by atoms with Gasteiger partial charge in [-0.2, -0.15) is 0 Å². The van der Waals surface area contributed by atoms with Crippen molar-refractivity contribution in [2.24, 2.45) is 11.3 Å². The third kappa shape index (κ3) is 3.55. The summed E-state index contributed by atoms with van der Waals surface area (Å²) in [6.45, 7) is 12.2. The van der Waals surface area contributed by atoms with E-state index in [1.165, 1.54) is 51.9 Å². The molecule has 2 rings (SSSR count). The van der Waals surface area contributed by atoms with E-state index >= 15 is 0 Å². The van der Waals surface area contributed by atoms with Gasteiger partial charge in [0.05, 0.1) is 0 Å². The maximum absolute atomic E-state index is 3.59. The molecule has 1 aliphatic heterocycles. The highest BCUT2D eigenvalue weighted by Gasteiger charge is 2.41. The number of hydrogen-bond donors (Lipinski definition) is 1. The maximum Gasteiger partial charge on any atom is 0.0156 e. The normalized spacial score (nSPS) is 32.1. The number of nitrogens with zero attached hydrogens (tertiary/aromatic N) is 2. The van der Waals surface area contributed by atoms with Crippen LogP contribution in [0.4, 0.5) is 0 Å². The molecule has 1 saturated carbocycles. The van der Waals surface area contributed by atoms with Gasteiger partial charge in [-0.25, -0.2) is 0 Å². The number of nitrogens with one attached hydrogen (secondary N) is 1. The van der Waals surface area contributed by atoms with Crippen LogP contribution in [0.25, 0.3) is 0 Å². The van der Waals surface area contributed by atoms with Crippen molar-refractivity contribution in [1.82, 2.24) is 15.1 Å². The third-order valence-corrected chi connectivity index (χ3v) is 5.93. The van der Waals surface area contributed by atoms with Crippen molar-refractivity contribution >= 4 is 0 Å². The van der Waals surface area contributed by atoms with Crippen LogP contribution in [-0.4, -0.2) is 62.2 Å². The van der Waals surface area contributed by atoms with Crippen LogP contribution < -0.4 is 5.32 Å². The molecular formula is C17H35N3. The predicted octanol–water partition coefficient (Wildman–Crippen LogP) is 2.43. The number of hydrogen-bond acceptors (Lipinski definition) is 3. The SMILES string of the molecule is CCN1CCC(N(C)CC2CCC(C)(C)C2NC)CC1. The second-order valence-electron chi connectivity index (χ2n) is 7.66. The maximum atomic E-state index is 3.59. The molecule has 0 aromatic carbocycles. The number of piperidine rings is 1. The van der Waals surface area contributed by atoms with Gasteiger partial charge in [0.1, 0.15) is 0 Å². The van der Waals surface area contributed by atoms with Crippen molar-refractivity contribution in [2.45, 2.75) is 58.5 Å². The lowest BCUT2D eigenvalue weighted by Crippen LogP contribution is -2.48. The Morgan fingerprint density at radius 3 is 2.40 bits per heavy atom. The molecule has 0 spiro atoms. The van der Waals surface area contributed by atoms with E-state index in [0.29, 0.717) is 11.5 Å². The fourth-order valence-corrected chi connectivity index (χ4v) is 4.54. The minimum Gasteiger partial charge on any atom is -0.316 e. The van der Waals surface area contributed by atoms with Gasteiger partial charge in [0, 0.05) is 18.6 Å². The second kappa shape index (κ2) is 6.76. The minimum atomic E-state index is 0.464. The topological polar surface area (TPSA) is 18.5 Å². The molecule has 0 bridgehead atoms. The molecule has 0 amide bonds. The molecule has 2 atom stereocenters. The van der Waals surface area contributed by atoms with E-state index in [4.69, 9.17) is 0 Å². The lowest BCUT2D eigenvalue weighted by molar-refractivity contribution is 0.110. The van der Waals surface area contributed by atoms with Gasteiger partial charge in [0.2, 0.25) is 0 Å². The predicted molar refractivity (Wildman–Crippen MR) is 87.1 cm³/mol. The number of rotatable bonds is 5. The molecule has 2 unspecified atom stereocenters. The first kappa shape index (κ1) is 16.3. The van der Waals surface area contributed by atoms with E-state index < -0.39 is 0 Å². The molecule has 1 heterocycles. The van der Waals surface area contributed by atoms with Gasteiger partial charge in [-0.3, -0.25) is 0 Å². The van der Waals surface area contributed by atoms with Gasteiger partial charge in [0.25, 0.3) is 0 Å². The van der Waals surface area contributed by atoms with Crippen LogP contribution in [0.15, 0.2) is 0 Å². The van der Waals surface area contributed by atoms with Crippen molar-refractivity contribution in [1.29, 1.82) is 0 Å². The van der Waals surface area contributed by atoms with Crippen LogP contribution in [0.5, 0.6) is 0 Å². The van der Waals surface area contributed by atoms with E-state index in [1.807, 2.05) is 0 Å². The fourth-order valence-electron chi connectivity index (χ4n) is 4.54. The molecule has 0 aromatic rings. The first-order chi connectivity index (χ1) is 9.47. The monoisotopic (exact) mass is 281 g/mol. The van der Waals surface area contributed by atoms with Crippen LogP contribution >= 0.6 is 0 Å². The molecule has 0 aromatic heterocycles. The van der Waals surface area contributed by atoms with Crippen molar-refractivity contribution < 1.29 is 0 Å². The van der Waals surface area contributed by atoms with E-state index in [-0.39, 0.29) is 0 Å². The Bertz CT molecular complexity index is 295. The lowest BCUT2D eigenvalue weighted by Gasteiger charge is -2.39. The summed E-state index contributed by atoms with van der Waals surface area (Å²) in [6.07, 6.45) is 5.46. The van der Waals surface area contributed by atoms with Crippen molar-refractivity contribution in [3.8, 4) is 0 Å². The van der Waals surface area contributed by atoms with E-state index in [2.05, 4.69) is 50.0 Å². The minimum absolute atomic E-state index is 0.464. The Balaban J connectivity index is 1.84. The molecule has 1 N–H and O–H groups in total. The van der Waals surface area contributed by atoms with E-state index in [9.17, 15) is 0 Å². The van der Waals surface area contributed by atoms with Gasteiger partial charge >= 0.3 is 0 Å². The van der Waals surface area contributed by atoms with Crippen LogP contribution in [0.2, 0.25) is 0 Å². The zero-order valence-corrected chi connectivity index (χ0v) is 14.3. The van der Waals surface area contributed by atoms with Gasteiger partial charge in [-0.1, -0.05) is 20.8 Å². The average molecular weight is 281 g/mol. The summed E-state index contributed by atoms with van der Waals surface area (Å²) >= 11 is 0. The molecule has 3 nitrogen and oxygen atoms in total. The first-order valence-corrected chi connectivity index (χ1v) is 8.57. The summed E-state index contributed by atoms with van der Waals surface area (Å²) in [5.74, 6) is 0.823. The lowest BCUT2D eigenvalue weighted by atomic mass is 9.84. The van der Waals surface area contributed by atoms with Gasteiger partial charge in [-0.05, 0) is 70.7 Å². The summed E-state index contributed by atoms with van der Waals surface area (Å²) in [5, 5.41) is 3.59. The quantitative estimate of drug-likeness (QED) is 0.835. The Hall–Kier alpha value is -0.120. The zero-order valence-electron chi connectivity index (χ0n) is 14.3. The van der Waals surface area contributed by atoms with Crippen LogP contribution in [0, 0.1) is 11.3 Å².